The minimum Gasteiger partial charge on any atom is -0.455 e. The standard InChI is InChI=1S/C19H12N2O5/c20-9-12-2-1-3-14(6-12)19(22)23-10-15-8-17(26-21-15)13-4-5-16-18(7-13)25-11-24-16/h1-8H,10-11H2. The van der Waals surface area contributed by atoms with E-state index in [1.165, 1.54) is 6.07 Å². The van der Waals surface area contributed by atoms with Gasteiger partial charge in [0.15, 0.2) is 17.3 Å². The summed E-state index contributed by atoms with van der Waals surface area (Å²) in [5.41, 5.74) is 1.96. The molecule has 4 rings (SSSR count). The summed E-state index contributed by atoms with van der Waals surface area (Å²) >= 11 is 0. The van der Waals surface area contributed by atoms with Gasteiger partial charge in [-0.05, 0) is 36.4 Å². The van der Waals surface area contributed by atoms with E-state index in [0.29, 0.717) is 34.1 Å². The van der Waals surface area contributed by atoms with Gasteiger partial charge in [0.2, 0.25) is 6.79 Å². The average molecular weight is 348 g/mol. The second kappa shape index (κ2) is 6.61. The number of hydrogen-bond donors (Lipinski definition) is 0. The molecule has 7 heteroatoms. The summed E-state index contributed by atoms with van der Waals surface area (Å²) in [5, 5.41) is 12.8. The molecular weight excluding hydrogens is 336 g/mol. The second-order valence-corrected chi connectivity index (χ2v) is 5.52. The summed E-state index contributed by atoms with van der Waals surface area (Å²) in [6.45, 7) is 0.160. The van der Waals surface area contributed by atoms with E-state index in [9.17, 15) is 4.79 Å². The highest BCUT2D eigenvalue weighted by Crippen LogP contribution is 2.36. The number of ether oxygens (including phenoxy) is 3. The minimum absolute atomic E-state index is 0.0380. The van der Waals surface area contributed by atoms with Gasteiger partial charge in [0.25, 0.3) is 0 Å². The lowest BCUT2D eigenvalue weighted by Crippen LogP contribution is -2.05. The number of fused-ring (bicyclic) bond motifs is 1. The zero-order valence-electron chi connectivity index (χ0n) is 13.5. The molecule has 2 aromatic carbocycles. The van der Waals surface area contributed by atoms with Crippen molar-refractivity contribution in [1.29, 1.82) is 5.26 Å². The van der Waals surface area contributed by atoms with Crippen molar-refractivity contribution < 1.29 is 23.5 Å². The molecular formula is C19H12N2O5. The summed E-state index contributed by atoms with van der Waals surface area (Å²) in [4.78, 5) is 12.1. The molecule has 1 aromatic heterocycles. The number of carbonyl (C=O) groups is 1. The number of carbonyl (C=O) groups excluding carboxylic acids is 1. The smallest absolute Gasteiger partial charge is 0.338 e. The molecule has 0 bridgehead atoms. The van der Waals surface area contributed by atoms with E-state index in [1.807, 2.05) is 12.1 Å². The highest BCUT2D eigenvalue weighted by Gasteiger charge is 2.16. The third kappa shape index (κ3) is 3.08. The highest BCUT2D eigenvalue weighted by atomic mass is 16.7. The van der Waals surface area contributed by atoms with Gasteiger partial charge in [0.1, 0.15) is 12.3 Å². The topological polar surface area (TPSA) is 94.6 Å². The highest BCUT2D eigenvalue weighted by molar-refractivity contribution is 5.89. The van der Waals surface area contributed by atoms with Crippen molar-refractivity contribution in [2.75, 3.05) is 6.79 Å². The number of rotatable bonds is 4. The fraction of sp³-hybridized carbons (Fsp3) is 0.105. The Bertz CT molecular complexity index is 1020. The first-order chi connectivity index (χ1) is 12.7. The van der Waals surface area contributed by atoms with Gasteiger partial charge in [0.05, 0.1) is 17.2 Å². The van der Waals surface area contributed by atoms with Crippen molar-refractivity contribution in [3.8, 4) is 28.9 Å². The lowest BCUT2D eigenvalue weighted by atomic mass is 10.1. The number of aromatic nitrogens is 1. The molecule has 0 aliphatic carbocycles. The lowest BCUT2D eigenvalue weighted by Gasteiger charge is -2.02. The first-order valence-corrected chi connectivity index (χ1v) is 7.76. The maximum absolute atomic E-state index is 12.1. The molecule has 7 nitrogen and oxygen atoms in total. The third-order valence-electron chi connectivity index (χ3n) is 3.79. The van der Waals surface area contributed by atoms with E-state index in [0.717, 1.165) is 5.56 Å². The van der Waals surface area contributed by atoms with Gasteiger partial charge in [-0.25, -0.2) is 4.79 Å². The van der Waals surface area contributed by atoms with Crippen LogP contribution in [-0.4, -0.2) is 17.9 Å². The van der Waals surface area contributed by atoms with Gasteiger partial charge in [-0.3, -0.25) is 0 Å². The van der Waals surface area contributed by atoms with Gasteiger partial charge >= 0.3 is 5.97 Å². The number of hydrogen-bond acceptors (Lipinski definition) is 7. The predicted octanol–water partition coefficient (Wildman–Crippen LogP) is 3.30. The number of nitriles is 1. The minimum atomic E-state index is -0.533. The van der Waals surface area contributed by atoms with E-state index in [-0.39, 0.29) is 13.4 Å². The molecule has 0 radical (unpaired) electrons. The zero-order chi connectivity index (χ0) is 17.9. The second-order valence-electron chi connectivity index (χ2n) is 5.52. The molecule has 2 heterocycles. The zero-order valence-corrected chi connectivity index (χ0v) is 13.5. The van der Waals surface area contributed by atoms with Crippen LogP contribution in [0.25, 0.3) is 11.3 Å². The molecule has 0 saturated carbocycles. The molecule has 0 N–H and O–H groups in total. The van der Waals surface area contributed by atoms with Crippen LogP contribution in [0.5, 0.6) is 11.5 Å². The monoisotopic (exact) mass is 348 g/mol. The molecule has 3 aromatic rings. The molecule has 26 heavy (non-hydrogen) atoms. The number of esters is 1. The van der Waals surface area contributed by atoms with Crippen molar-refractivity contribution in [1.82, 2.24) is 5.16 Å². The van der Waals surface area contributed by atoms with Crippen LogP contribution in [0.15, 0.2) is 53.1 Å². The van der Waals surface area contributed by atoms with Crippen molar-refractivity contribution in [2.45, 2.75) is 6.61 Å². The Morgan fingerprint density at radius 2 is 2.04 bits per heavy atom. The van der Waals surface area contributed by atoms with E-state index in [2.05, 4.69) is 5.16 Å². The molecule has 0 fully saturated rings. The Labute approximate surface area is 148 Å². The fourth-order valence-electron chi connectivity index (χ4n) is 2.50. The largest absolute Gasteiger partial charge is 0.455 e. The van der Waals surface area contributed by atoms with Crippen LogP contribution in [0, 0.1) is 11.3 Å². The van der Waals surface area contributed by atoms with Crippen LogP contribution < -0.4 is 9.47 Å². The first-order valence-electron chi connectivity index (χ1n) is 7.76. The maximum Gasteiger partial charge on any atom is 0.338 e. The molecule has 0 saturated heterocycles. The predicted molar refractivity (Wildman–Crippen MR) is 88.3 cm³/mol. The Morgan fingerprint density at radius 3 is 2.92 bits per heavy atom. The van der Waals surface area contributed by atoms with Crippen molar-refractivity contribution in [2.24, 2.45) is 0 Å². The molecule has 1 aliphatic rings. The van der Waals surface area contributed by atoms with Crippen molar-refractivity contribution >= 4 is 5.97 Å². The SMILES string of the molecule is N#Cc1cccc(C(=O)OCc2cc(-c3ccc4c(c3)OCO4)on2)c1. The number of nitrogens with zero attached hydrogens (tertiary/aromatic N) is 2. The quantitative estimate of drug-likeness (QED) is 0.668. The van der Waals surface area contributed by atoms with Crippen LogP contribution in [0.2, 0.25) is 0 Å². The van der Waals surface area contributed by atoms with Crippen molar-refractivity contribution in [3.05, 3.63) is 65.4 Å². The Morgan fingerprint density at radius 1 is 1.15 bits per heavy atom. The van der Waals surface area contributed by atoms with Gasteiger partial charge in [-0.2, -0.15) is 5.26 Å². The van der Waals surface area contributed by atoms with Crippen molar-refractivity contribution in [3.63, 3.8) is 0 Å². The van der Waals surface area contributed by atoms with Crippen LogP contribution in [-0.2, 0) is 11.3 Å². The third-order valence-corrected chi connectivity index (χ3v) is 3.79. The molecule has 1 aliphatic heterocycles. The first kappa shape index (κ1) is 15.7. The Balaban J connectivity index is 1.44. The van der Waals surface area contributed by atoms with E-state index < -0.39 is 5.97 Å². The van der Waals surface area contributed by atoms with Gasteiger partial charge < -0.3 is 18.7 Å². The van der Waals surface area contributed by atoms with E-state index in [4.69, 9.17) is 24.0 Å². The average Bonchev–Trinajstić information content (AvgIpc) is 3.34. The van der Waals surface area contributed by atoms with Crippen LogP contribution in [0.1, 0.15) is 21.6 Å². The summed E-state index contributed by atoms with van der Waals surface area (Å²) in [6, 6.07) is 15.4. The molecule has 0 spiro atoms. The Kier molecular flexibility index (Phi) is 4.00. The maximum atomic E-state index is 12.1. The van der Waals surface area contributed by atoms with Crippen LogP contribution in [0.3, 0.4) is 0 Å². The van der Waals surface area contributed by atoms with Gasteiger partial charge in [-0.1, -0.05) is 11.2 Å². The lowest BCUT2D eigenvalue weighted by molar-refractivity contribution is 0.0464. The Hall–Kier alpha value is -3.79. The normalized spacial score (nSPS) is 11.8. The summed E-state index contributed by atoms with van der Waals surface area (Å²) in [7, 11) is 0. The summed E-state index contributed by atoms with van der Waals surface area (Å²) in [6.07, 6.45) is 0. The summed E-state index contributed by atoms with van der Waals surface area (Å²) < 4.78 is 21.1. The number of benzene rings is 2. The molecule has 128 valence electrons. The van der Waals surface area contributed by atoms with Gasteiger partial charge in [-0.15, -0.1) is 0 Å². The summed E-state index contributed by atoms with van der Waals surface area (Å²) in [5.74, 6) is 1.32. The molecule has 0 unspecified atom stereocenters. The fourth-order valence-corrected chi connectivity index (χ4v) is 2.50. The van der Waals surface area contributed by atoms with Gasteiger partial charge in [0, 0.05) is 11.6 Å². The molecule has 0 atom stereocenters. The van der Waals surface area contributed by atoms with E-state index in [1.54, 1.807) is 36.4 Å². The van der Waals surface area contributed by atoms with E-state index >= 15 is 0 Å². The molecule has 0 amide bonds. The van der Waals surface area contributed by atoms with Crippen LogP contribution >= 0.6 is 0 Å². The van der Waals surface area contributed by atoms with Crippen LogP contribution in [0.4, 0.5) is 0 Å².